The van der Waals surface area contributed by atoms with E-state index < -0.39 is 12.2 Å². The molecule has 0 spiro atoms. The summed E-state index contributed by atoms with van der Waals surface area (Å²) in [5.74, 6) is -0.0818. The second kappa shape index (κ2) is 4.59. The van der Waals surface area contributed by atoms with Crippen LogP contribution in [0.25, 0.3) is 4.96 Å². The summed E-state index contributed by atoms with van der Waals surface area (Å²) >= 11 is 1.50. The third-order valence-corrected chi connectivity index (χ3v) is 4.24. The molecular formula is C12H15N3O3S. The lowest BCUT2D eigenvalue weighted by molar-refractivity contribution is -0.130. The van der Waals surface area contributed by atoms with E-state index in [4.69, 9.17) is 0 Å². The molecule has 2 unspecified atom stereocenters. The number of imidazole rings is 1. The summed E-state index contributed by atoms with van der Waals surface area (Å²) in [7, 11) is 0. The van der Waals surface area contributed by atoms with Crippen molar-refractivity contribution in [1.29, 1.82) is 0 Å². The average molecular weight is 281 g/mol. The first-order valence-electron chi connectivity index (χ1n) is 6.10. The van der Waals surface area contributed by atoms with Crippen LogP contribution in [0.15, 0.2) is 11.6 Å². The first-order valence-corrected chi connectivity index (χ1v) is 6.98. The van der Waals surface area contributed by atoms with Crippen LogP contribution in [-0.2, 0) is 11.2 Å². The number of aliphatic hydroxyl groups excluding tert-OH is 2. The highest BCUT2D eigenvalue weighted by Gasteiger charge is 2.32. The van der Waals surface area contributed by atoms with Crippen molar-refractivity contribution in [3.8, 4) is 0 Å². The fourth-order valence-electron chi connectivity index (χ4n) is 2.31. The molecule has 2 N–H and O–H groups in total. The molecule has 3 rings (SSSR count). The number of nitrogens with zero attached hydrogens (tertiary/aromatic N) is 3. The molecule has 0 bridgehead atoms. The van der Waals surface area contributed by atoms with Gasteiger partial charge in [-0.15, -0.1) is 11.3 Å². The van der Waals surface area contributed by atoms with Gasteiger partial charge in [0.05, 0.1) is 24.3 Å². The van der Waals surface area contributed by atoms with E-state index >= 15 is 0 Å². The molecular weight excluding hydrogens is 266 g/mol. The fourth-order valence-corrected chi connectivity index (χ4v) is 3.23. The average Bonchev–Trinajstić information content (AvgIpc) is 2.97. The molecule has 1 saturated heterocycles. The Hall–Kier alpha value is -1.44. The molecule has 2 atom stereocenters. The highest BCUT2D eigenvalue weighted by molar-refractivity contribution is 7.15. The van der Waals surface area contributed by atoms with Crippen molar-refractivity contribution < 1.29 is 15.0 Å². The van der Waals surface area contributed by atoms with E-state index in [2.05, 4.69) is 4.98 Å². The Bertz CT molecular complexity index is 611. The normalized spacial score (nSPS) is 23.4. The zero-order valence-electron chi connectivity index (χ0n) is 10.5. The number of carbonyl (C=O) groups excluding carboxylic acids is 1. The summed E-state index contributed by atoms with van der Waals surface area (Å²) in [6, 6.07) is 0. The predicted molar refractivity (Wildman–Crippen MR) is 70.1 cm³/mol. The molecule has 7 heteroatoms. The molecule has 0 radical (unpaired) electrons. The van der Waals surface area contributed by atoms with Crippen LogP contribution in [0.1, 0.15) is 11.4 Å². The first-order chi connectivity index (χ1) is 9.04. The van der Waals surface area contributed by atoms with Crippen LogP contribution in [0.5, 0.6) is 0 Å². The summed E-state index contributed by atoms with van der Waals surface area (Å²) in [5.41, 5.74) is 1.81. The van der Waals surface area contributed by atoms with Gasteiger partial charge < -0.3 is 15.1 Å². The van der Waals surface area contributed by atoms with Crippen LogP contribution in [0.2, 0.25) is 0 Å². The number of hydrogen-bond acceptors (Lipinski definition) is 5. The number of rotatable bonds is 2. The minimum absolute atomic E-state index is 0.0818. The van der Waals surface area contributed by atoms with Crippen LogP contribution in [0, 0.1) is 6.92 Å². The molecule has 0 saturated carbocycles. The number of aromatic nitrogens is 2. The summed E-state index contributed by atoms with van der Waals surface area (Å²) in [6.45, 7) is 2.32. The van der Waals surface area contributed by atoms with Gasteiger partial charge in [-0.25, -0.2) is 4.98 Å². The van der Waals surface area contributed by atoms with Crippen LogP contribution in [0.3, 0.4) is 0 Å². The quantitative estimate of drug-likeness (QED) is 0.800. The molecule has 6 nitrogen and oxygen atoms in total. The van der Waals surface area contributed by atoms with Crippen molar-refractivity contribution in [2.45, 2.75) is 25.6 Å². The van der Waals surface area contributed by atoms with Gasteiger partial charge in [-0.1, -0.05) is 0 Å². The summed E-state index contributed by atoms with van der Waals surface area (Å²) in [5, 5.41) is 20.8. The zero-order valence-corrected chi connectivity index (χ0v) is 11.3. The molecule has 1 aliphatic heterocycles. The number of amides is 1. The van der Waals surface area contributed by atoms with E-state index in [1.165, 1.54) is 16.2 Å². The molecule has 1 amide bonds. The van der Waals surface area contributed by atoms with E-state index in [9.17, 15) is 15.0 Å². The van der Waals surface area contributed by atoms with Gasteiger partial charge in [-0.2, -0.15) is 0 Å². The number of aryl methyl sites for hydroxylation is 1. The maximum absolute atomic E-state index is 12.1. The van der Waals surface area contributed by atoms with Crippen molar-refractivity contribution in [2.24, 2.45) is 0 Å². The van der Waals surface area contributed by atoms with Crippen LogP contribution >= 0.6 is 11.3 Å². The monoisotopic (exact) mass is 281 g/mol. The molecule has 3 heterocycles. The van der Waals surface area contributed by atoms with Crippen molar-refractivity contribution in [3.63, 3.8) is 0 Å². The highest BCUT2D eigenvalue weighted by Crippen LogP contribution is 2.18. The second-order valence-electron chi connectivity index (χ2n) is 4.87. The molecule has 1 fully saturated rings. The topological polar surface area (TPSA) is 78.1 Å². The van der Waals surface area contributed by atoms with Crippen molar-refractivity contribution in [1.82, 2.24) is 14.3 Å². The van der Waals surface area contributed by atoms with Crippen molar-refractivity contribution in [3.05, 3.63) is 23.0 Å². The molecule has 2 aromatic heterocycles. The second-order valence-corrected chi connectivity index (χ2v) is 5.71. The van der Waals surface area contributed by atoms with Crippen LogP contribution in [-0.4, -0.2) is 55.7 Å². The number of hydrogen-bond donors (Lipinski definition) is 2. The van der Waals surface area contributed by atoms with Gasteiger partial charge in [0.25, 0.3) is 0 Å². The van der Waals surface area contributed by atoms with Gasteiger partial charge >= 0.3 is 0 Å². The Morgan fingerprint density at radius 2 is 2.16 bits per heavy atom. The van der Waals surface area contributed by atoms with Crippen LogP contribution < -0.4 is 0 Å². The number of likely N-dealkylation sites (tertiary alicyclic amines) is 1. The van der Waals surface area contributed by atoms with Gasteiger partial charge in [-0.3, -0.25) is 9.20 Å². The van der Waals surface area contributed by atoms with Crippen molar-refractivity contribution in [2.75, 3.05) is 13.1 Å². The van der Waals surface area contributed by atoms with E-state index in [0.717, 1.165) is 16.3 Å². The van der Waals surface area contributed by atoms with Gasteiger partial charge in [0, 0.05) is 30.4 Å². The molecule has 2 aromatic rings. The SMILES string of the molecule is Cc1cn2c(CC(=O)N3CC(O)C(O)C3)csc2n1. The van der Waals surface area contributed by atoms with Gasteiger partial charge in [0.15, 0.2) is 4.96 Å². The predicted octanol–water partition coefficient (Wildman–Crippen LogP) is -0.189. The Labute approximate surface area is 113 Å². The van der Waals surface area contributed by atoms with E-state index in [1.807, 2.05) is 22.9 Å². The Kier molecular flexibility index (Phi) is 3.04. The molecule has 0 aromatic carbocycles. The Morgan fingerprint density at radius 1 is 1.47 bits per heavy atom. The largest absolute Gasteiger partial charge is 0.388 e. The lowest BCUT2D eigenvalue weighted by atomic mass is 10.3. The molecule has 102 valence electrons. The van der Waals surface area contributed by atoms with Crippen LogP contribution in [0.4, 0.5) is 0 Å². The van der Waals surface area contributed by atoms with E-state index in [0.29, 0.717) is 0 Å². The van der Waals surface area contributed by atoms with E-state index in [-0.39, 0.29) is 25.4 Å². The zero-order chi connectivity index (χ0) is 13.6. The standard InChI is InChI=1S/C12H15N3O3S/c1-7-3-15-8(6-19-12(15)13-7)2-11(18)14-4-9(16)10(17)5-14/h3,6,9-10,16-17H,2,4-5H2,1H3. The number of fused-ring (bicyclic) bond motifs is 1. The Balaban J connectivity index is 1.76. The van der Waals surface area contributed by atoms with Gasteiger partial charge in [-0.05, 0) is 6.92 Å². The summed E-state index contributed by atoms with van der Waals surface area (Å²) in [6.07, 6.45) is 0.501. The third-order valence-electron chi connectivity index (χ3n) is 3.35. The maximum Gasteiger partial charge on any atom is 0.228 e. The number of carbonyl (C=O) groups is 1. The van der Waals surface area contributed by atoms with Gasteiger partial charge in [0.1, 0.15) is 0 Å². The lowest BCUT2D eigenvalue weighted by Crippen LogP contribution is -2.31. The first kappa shape index (κ1) is 12.6. The Morgan fingerprint density at radius 3 is 2.84 bits per heavy atom. The molecule has 19 heavy (non-hydrogen) atoms. The minimum Gasteiger partial charge on any atom is -0.388 e. The third kappa shape index (κ3) is 2.24. The highest BCUT2D eigenvalue weighted by atomic mass is 32.1. The summed E-state index contributed by atoms with van der Waals surface area (Å²) in [4.78, 5) is 18.8. The smallest absolute Gasteiger partial charge is 0.228 e. The number of aliphatic hydroxyl groups is 2. The number of thiazole rings is 1. The van der Waals surface area contributed by atoms with Crippen molar-refractivity contribution >= 4 is 22.2 Å². The van der Waals surface area contributed by atoms with Gasteiger partial charge in [0.2, 0.25) is 5.91 Å². The number of β-amino-alcohol motifs (C(OH)–C–C–N with tert-alkyl or cyclic N) is 2. The lowest BCUT2D eigenvalue weighted by Gasteiger charge is -2.14. The van der Waals surface area contributed by atoms with E-state index in [1.54, 1.807) is 0 Å². The maximum atomic E-state index is 12.1. The minimum atomic E-state index is -0.832. The molecule has 0 aliphatic carbocycles. The molecule has 1 aliphatic rings. The fraction of sp³-hybridized carbons (Fsp3) is 0.500. The summed E-state index contributed by atoms with van der Waals surface area (Å²) < 4.78 is 1.92.